The van der Waals surface area contributed by atoms with Crippen LogP contribution in [0.15, 0.2) is 47.4 Å². The lowest BCUT2D eigenvalue weighted by Gasteiger charge is -2.34. The zero-order valence-corrected chi connectivity index (χ0v) is 18.3. The van der Waals surface area contributed by atoms with Crippen molar-refractivity contribution in [2.75, 3.05) is 18.4 Å². The fourth-order valence-electron chi connectivity index (χ4n) is 3.87. The molecule has 0 aliphatic carbocycles. The summed E-state index contributed by atoms with van der Waals surface area (Å²) in [6, 6.07) is 10.5. The fraction of sp³-hybridized carbons (Fsp3) is 0.333. The lowest BCUT2D eigenvalue weighted by molar-refractivity contribution is 0.102. The van der Waals surface area contributed by atoms with Crippen LogP contribution in [-0.4, -0.2) is 36.7 Å². The molecule has 2 aromatic carbocycles. The molecule has 0 spiro atoms. The SMILES string of the molecule is C[C@H]1C[C@H](C)CN(S(=O)(=O)c2ccc(C(=O)Nc3nc4c(F)cccc4s3)cc2)C1. The molecule has 2 atom stereocenters. The molecular formula is C21H22FN3O3S2. The minimum absolute atomic E-state index is 0.169. The van der Waals surface area contributed by atoms with Crippen LogP contribution in [0.4, 0.5) is 9.52 Å². The number of hydrogen-bond acceptors (Lipinski definition) is 5. The normalized spacial score (nSPS) is 20.4. The number of piperidine rings is 1. The second-order valence-electron chi connectivity index (χ2n) is 7.85. The molecule has 1 aliphatic rings. The minimum Gasteiger partial charge on any atom is -0.298 e. The minimum atomic E-state index is -3.60. The largest absolute Gasteiger partial charge is 0.298 e. The zero-order chi connectivity index (χ0) is 21.5. The van der Waals surface area contributed by atoms with Crippen molar-refractivity contribution in [1.82, 2.24) is 9.29 Å². The molecule has 2 heterocycles. The van der Waals surface area contributed by atoms with Gasteiger partial charge in [-0.15, -0.1) is 0 Å². The Bertz CT molecular complexity index is 1180. The first-order valence-corrected chi connectivity index (χ1v) is 12.0. The topological polar surface area (TPSA) is 79.4 Å². The molecule has 30 heavy (non-hydrogen) atoms. The van der Waals surface area contributed by atoms with Crippen LogP contribution in [0.2, 0.25) is 0 Å². The number of thiazole rings is 1. The molecule has 1 amide bonds. The van der Waals surface area contributed by atoms with Gasteiger partial charge in [-0.25, -0.2) is 17.8 Å². The van der Waals surface area contributed by atoms with Gasteiger partial charge in [0.05, 0.1) is 9.60 Å². The van der Waals surface area contributed by atoms with Gasteiger partial charge in [0.2, 0.25) is 10.0 Å². The van der Waals surface area contributed by atoms with Crippen LogP contribution in [0.1, 0.15) is 30.6 Å². The van der Waals surface area contributed by atoms with E-state index < -0.39 is 21.7 Å². The van der Waals surface area contributed by atoms with Gasteiger partial charge < -0.3 is 0 Å². The summed E-state index contributed by atoms with van der Waals surface area (Å²) in [5.41, 5.74) is 0.512. The number of para-hydroxylation sites is 1. The Morgan fingerprint density at radius 3 is 2.43 bits per heavy atom. The van der Waals surface area contributed by atoms with Crippen molar-refractivity contribution < 1.29 is 17.6 Å². The van der Waals surface area contributed by atoms with E-state index in [0.717, 1.165) is 6.42 Å². The zero-order valence-electron chi connectivity index (χ0n) is 16.6. The number of amides is 1. The highest BCUT2D eigenvalue weighted by atomic mass is 32.2. The van der Waals surface area contributed by atoms with Gasteiger partial charge in [-0.05, 0) is 54.7 Å². The molecule has 9 heteroatoms. The molecule has 158 valence electrons. The van der Waals surface area contributed by atoms with Gasteiger partial charge >= 0.3 is 0 Å². The van der Waals surface area contributed by atoms with Crippen molar-refractivity contribution in [3.63, 3.8) is 0 Å². The summed E-state index contributed by atoms with van der Waals surface area (Å²) in [7, 11) is -3.60. The average Bonchev–Trinajstić information content (AvgIpc) is 3.11. The standard InChI is InChI=1S/C21H22FN3O3S2/c1-13-10-14(2)12-25(11-13)30(27,28)16-8-6-15(7-9-16)20(26)24-21-23-19-17(22)4-3-5-18(19)29-21/h3-9,13-14H,10-12H2,1-2H3,(H,23,24,26)/t13-,14-/m0/s1. The number of carbonyl (C=O) groups is 1. The first-order valence-electron chi connectivity index (χ1n) is 9.70. The van der Waals surface area contributed by atoms with Crippen molar-refractivity contribution in [3.05, 3.63) is 53.8 Å². The number of aromatic nitrogens is 1. The van der Waals surface area contributed by atoms with E-state index in [1.807, 2.05) is 0 Å². The number of halogens is 1. The van der Waals surface area contributed by atoms with Gasteiger partial charge in [-0.3, -0.25) is 10.1 Å². The first kappa shape index (κ1) is 20.9. The van der Waals surface area contributed by atoms with E-state index in [4.69, 9.17) is 0 Å². The Balaban J connectivity index is 1.51. The van der Waals surface area contributed by atoms with Crippen LogP contribution in [0.5, 0.6) is 0 Å². The fourth-order valence-corrected chi connectivity index (χ4v) is 6.42. The lowest BCUT2D eigenvalue weighted by Crippen LogP contribution is -2.42. The number of sulfonamides is 1. The summed E-state index contributed by atoms with van der Waals surface area (Å²) in [5, 5.41) is 2.94. The van der Waals surface area contributed by atoms with Crippen molar-refractivity contribution in [2.24, 2.45) is 11.8 Å². The highest BCUT2D eigenvalue weighted by Gasteiger charge is 2.31. The third-order valence-electron chi connectivity index (χ3n) is 5.18. The number of rotatable bonds is 4. The first-order chi connectivity index (χ1) is 14.2. The van der Waals surface area contributed by atoms with E-state index in [1.165, 1.54) is 46.0 Å². The van der Waals surface area contributed by atoms with Gasteiger partial charge in [0.1, 0.15) is 11.3 Å². The smallest absolute Gasteiger partial charge is 0.257 e. The summed E-state index contributed by atoms with van der Waals surface area (Å²) in [6.07, 6.45) is 1.01. The van der Waals surface area contributed by atoms with E-state index in [9.17, 15) is 17.6 Å². The lowest BCUT2D eigenvalue weighted by atomic mass is 9.94. The molecule has 3 aromatic rings. The maximum absolute atomic E-state index is 13.8. The summed E-state index contributed by atoms with van der Waals surface area (Å²) in [6.45, 7) is 5.12. The molecule has 0 saturated carbocycles. The third kappa shape index (κ3) is 4.10. The van der Waals surface area contributed by atoms with E-state index in [-0.39, 0.29) is 15.5 Å². The van der Waals surface area contributed by atoms with Crippen LogP contribution in [0.3, 0.4) is 0 Å². The summed E-state index contributed by atoms with van der Waals surface area (Å²) >= 11 is 1.18. The molecule has 1 fully saturated rings. The Morgan fingerprint density at radius 1 is 1.13 bits per heavy atom. The van der Waals surface area contributed by atoms with E-state index in [2.05, 4.69) is 24.1 Å². The van der Waals surface area contributed by atoms with Gasteiger partial charge in [0.15, 0.2) is 5.13 Å². The number of anilines is 1. The van der Waals surface area contributed by atoms with Crippen LogP contribution in [0, 0.1) is 17.7 Å². The summed E-state index contributed by atoms with van der Waals surface area (Å²) < 4.78 is 41.9. The second-order valence-corrected chi connectivity index (χ2v) is 10.8. The molecule has 1 aliphatic heterocycles. The Kier molecular flexibility index (Phi) is 5.61. The quantitative estimate of drug-likeness (QED) is 0.645. The number of benzene rings is 2. The second kappa shape index (κ2) is 8.05. The molecule has 0 radical (unpaired) electrons. The average molecular weight is 448 g/mol. The van der Waals surface area contributed by atoms with Crippen LogP contribution < -0.4 is 5.32 Å². The van der Waals surface area contributed by atoms with Gasteiger partial charge in [-0.2, -0.15) is 4.31 Å². The number of hydrogen-bond donors (Lipinski definition) is 1. The van der Waals surface area contributed by atoms with Crippen molar-refractivity contribution >= 4 is 42.6 Å². The number of nitrogens with zero attached hydrogens (tertiary/aromatic N) is 2. The van der Waals surface area contributed by atoms with Crippen molar-refractivity contribution in [1.29, 1.82) is 0 Å². The third-order valence-corrected chi connectivity index (χ3v) is 7.96. The van der Waals surface area contributed by atoms with Gasteiger partial charge in [0, 0.05) is 18.7 Å². The Labute approximate surface area is 178 Å². The maximum atomic E-state index is 13.8. The molecule has 0 unspecified atom stereocenters. The molecule has 1 saturated heterocycles. The molecule has 6 nitrogen and oxygen atoms in total. The number of nitrogens with one attached hydrogen (secondary N) is 1. The molecular weight excluding hydrogens is 425 g/mol. The molecule has 1 N–H and O–H groups in total. The van der Waals surface area contributed by atoms with Crippen LogP contribution in [0.25, 0.3) is 10.2 Å². The highest BCUT2D eigenvalue weighted by molar-refractivity contribution is 7.89. The van der Waals surface area contributed by atoms with E-state index >= 15 is 0 Å². The number of fused-ring (bicyclic) bond motifs is 1. The predicted molar refractivity (Wildman–Crippen MR) is 116 cm³/mol. The monoisotopic (exact) mass is 447 g/mol. The summed E-state index contributed by atoms with van der Waals surface area (Å²) in [4.78, 5) is 16.8. The van der Waals surface area contributed by atoms with Crippen molar-refractivity contribution in [3.8, 4) is 0 Å². The van der Waals surface area contributed by atoms with Crippen molar-refractivity contribution in [2.45, 2.75) is 25.2 Å². The predicted octanol–water partition coefficient (Wildman–Crippen LogP) is 4.35. The van der Waals surface area contributed by atoms with Gasteiger partial charge in [-0.1, -0.05) is 31.3 Å². The maximum Gasteiger partial charge on any atom is 0.257 e. The molecule has 1 aromatic heterocycles. The highest BCUT2D eigenvalue weighted by Crippen LogP contribution is 2.29. The molecule has 0 bridgehead atoms. The van der Waals surface area contributed by atoms with E-state index in [0.29, 0.717) is 35.2 Å². The van der Waals surface area contributed by atoms with Crippen LogP contribution in [-0.2, 0) is 10.0 Å². The Morgan fingerprint density at radius 2 is 1.80 bits per heavy atom. The molecule has 4 rings (SSSR count). The van der Waals surface area contributed by atoms with E-state index in [1.54, 1.807) is 12.1 Å². The van der Waals surface area contributed by atoms with Crippen LogP contribution >= 0.6 is 11.3 Å². The summed E-state index contributed by atoms with van der Waals surface area (Å²) in [5.74, 6) is -0.252. The van der Waals surface area contributed by atoms with Gasteiger partial charge in [0.25, 0.3) is 5.91 Å². The number of carbonyl (C=O) groups excluding carboxylic acids is 1. The Hall–Kier alpha value is -2.36.